The molecule has 0 radical (unpaired) electrons. The van der Waals surface area contributed by atoms with Crippen molar-refractivity contribution in [3.63, 3.8) is 0 Å². The normalized spacial score (nSPS) is 37.9. The van der Waals surface area contributed by atoms with Gasteiger partial charge in [0.25, 0.3) is 0 Å². The van der Waals surface area contributed by atoms with Crippen LogP contribution in [0.3, 0.4) is 0 Å². The third-order valence-corrected chi connectivity index (χ3v) is 4.98. The van der Waals surface area contributed by atoms with Crippen LogP contribution in [0.2, 0.25) is 0 Å². The Balaban J connectivity index is 1.45. The monoisotopic (exact) mass is 238 g/mol. The molecule has 0 amide bonds. The topological polar surface area (TPSA) is 24.1 Å². The highest BCUT2D eigenvalue weighted by molar-refractivity contribution is 7.80. The molecule has 0 aromatic carbocycles. The standard InChI is InChI=1S/C13H22N2S/c16-13(14-11-3-1-2-4-11)15-12-8-9-5-6-10(12)7-9/h9-12H,1-8H2,(H2,14,15,16)/t9-,10-,12-/m1/s1. The van der Waals surface area contributed by atoms with E-state index in [0.717, 1.165) is 16.9 Å². The van der Waals surface area contributed by atoms with Crippen LogP contribution >= 0.6 is 12.2 Å². The first-order valence-electron chi connectivity index (χ1n) is 6.88. The first-order chi connectivity index (χ1) is 7.81. The van der Waals surface area contributed by atoms with Crippen molar-refractivity contribution in [1.82, 2.24) is 10.6 Å². The van der Waals surface area contributed by atoms with E-state index in [0.29, 0.717) is 12.1 Å². The van der Waals surface area contributed by atoms with Gasteiger partial charge in [-0.2, -0.15) is 0 Å². The molecule has 3 saturated carbocycles. The van der Waals surface area contributed by atoms with Crippen LogP contribution in [-0.4, -0.2) is 17.2 Å². The zero-order valence-electron chi connectivity index (χ0n) is 9.87. The van der Waals surface area contributed by atoms with Gasteiger partial charge >= 0.3 is 0 Å². The summed E-state index contributed by atoms with van der Waals surface area (Å²) < 4.78 is 0. The molecule has 0 aliphatic heterocycles. The fourth-order valence-electron chi connectivity index (χ4n) is 3.89. The molecule has 90 valence electrons. The predicted octanol–water partition coefficient (Wildman–Crippen LogP) is 2.58. The van der Waals surface area contributed by atoms with Gasteiger partial charge in [-0.1, -0.05) is 19.3 Å². The molecule has 3 aliphatic rings. The smallest absolute Gasteiger partial charge is 0.166 e. The third kappa shape index (κ3) is 2.20. The average molecular weight is 238 g/mol. The van der Waals surface area contributed by atoms with Crippen LogP contribution in [0.4, 0.5) is 0 Å². The van der Waals surface area contributed by atoms with Gasteiger partial charge in [0.1, 0.15) is 0 Å². The minimum Gasteiger partial charge on any atom is -0.360 e. The summed E-state index contributed by atoms with van der Waals surface area (Å²) in [6.07, 6.45) is 11.0. The van der Waals surface area contributed by atoms with Gasteiger partial charge in [-0.25, -0.2) is 0 Å². The first-order valence-corrected chi connectivity index (χ1v) is 7.29. The molecular weight excluding hydrogens is 216 g/mol. The highest BCUT2D eigenvalue weighted by Crippen LogP contribution is 2.44. The lowest BCUT2D eigenvalue weighted by Gasteiger charge is -2.26. The number of thiocarbonyl (C=S) groups is 1. The number of rotatable bonds is 2. The van der Waals surface area contributed by atoms with Gasteiger partial charge < -0.3 is 10.6 Å². The van der Waals surface area contributed by atoms with E-state index in [9.17, 15) is 0 Å². The van der Waals surface area contributed by atoms with Gasteiger partial charge in [0.15, 0.2) is 5.11 Å². The summed E-state index contributed by atoms with van der Waals surface area (Å²) in [5, 5.41) is 7.96. The number of hydrogen-bond donors (Lipinski definition) is 2. The van der Waals surface area contributed by atoms with Gasteiger partial charge in [-0.3, -0.25) is 0 Å². The van der Waals surface area contributed by atoms with Crippen LogP contribution in [0, 0.1) is 11.8 Å². The molecule has 2 N–H and O–H groups in total. The quantitative estimate of drug-likeness (QED) is 0.723. The van der Waals surface area contributed by atoms with Gasteiger partial charge in [0, 0.05) is 12.1 Å². The maximum Gasteiger partial charge on any atom is 0.166 e. The molecular formula is C13H22N2S. The van der Waals surface area contributed by atoms with Crippen LogP contribution in [0.25, 0.3) is 0 Å². The van der Waals surface area contributed by atoms with Crippen LogP contribution in [0.1, 0.15) is 51.4 Å². The largest absolute Gasteiger partial charge is 0.360 e. The Bertz CT molecular complexity index is 273. The van der Waals surface area contributed by atoms with Gasteiger partial charge in [-0.05, 0) is 56.2 Å². The summed E-state index contributed by atoms with van der Waals surface area (Å²) >= 11 is 5.42. The molecule has 0 aromatic heterocycles. The van der Waals surface area contributed by atoms with Crippen molar-refractivity contribution < 1.29 is 0 Å². The molecule has 3 heteroatoms. The maximum atomic E-state index is 5.42. The van der Waals surface area contributed by atoms with E-state index in [-0.39, 0.29) is 0 Å². The van der Waals surface area contributed by atoms with Crippen LogP contribution in [0.5, 0.6) is 0 Å². The van der Waals surface area contributed by atoms with Crippen molar-refractivity contribution in [3.8, 4) is 0 Å². The minimum absolute atomic E-state index is 0.651. The summed E-state index contributed by atoms with van der Waals surface area (Å²) in [4.78, 5) is 0. The molecule has 2 bridgehead atoms. The SMILES string of the molecule is S=C(NC1CCCC1)N[C@@H]1C[C@@H]2CC[C@@H]1C2. The Labute approximate surface area is 104 Å². The summed E-state index contributed by atoms with van der Waals surface area (Å²) in [6, 6.07) is 1.33. The molecule has 16 heavy (non-hydrogen) atoms. The molecule has 0 spiro atoms. The maximum absolute atomic E-state index is 5.42. The molecule has 0 unspecified atom stereocenters. The summed E-state index contributed by atoms with van der Waals surface area (Å²) in [5.41, 5.74) is 0. The lowest BCUT2D eigenvalue weighted by Crippen LogP contribution is -2.47. The van der Waals surface area contributed by atoms with Crippen molar-refractivity contribution in [3.05, 3.63) is 0 Å². The first kappa shape index (κ1) is 10.8. The Kier molecular flexibility index (Phi) is 3.05. The lowest BCUT2D eigenvalue weighted by molar-refractivity contribution is 0.387. The zero-order chi connectivity index (χ0) is 11.0. The fraction of sp³-hybridized carbons (Fsp3) is 0.923. The predicted molar refractivity (Wildman–Crippen MR) is 70.4 cm³/mol. The van der Waals surface area contributed by atoms with Crippen molar-refractivity contribution >= 4 is 17.3 Å². The van der Waals surface area contributed by atoms with Crippen molar-refractivity contribution in [2.24, 2.45) is 11.8 Å². The molecule has 3 aliphatic carbocycles. The van der Waals surface area contributed by atoms with Crippen LogP contribution in [0.15, 0.2) is 0 Å². The van der Waals surface area contributed by atoms with E-state index in [1.807, 2.05) is 0 Å². The van der Waals surface area contributed by atoms with E-state index >= 15 is 0 Å². The Hall–Kier alpha value is -0.310. The van der Waals surface area contributed by atoms with Crippen LogP contribution < -0.4 is 10.6 Å². The fourth-order valence-corrected chi connectivity index (χ4v) is 4.21. The van der Waals surface area contributed by atoms with Gasteiger partial charge in [-0.15, -0.1) is 0 Å². The van der Waals surface area contributed by atoms with E-state index in [2.05, 4.69) is 10.6 Å². The second-order valence-corrected chi connectivity index (χ2v) is 6.29. The molecule has 2 nitrogen and oxygen atoms in total. The van der Waals surface area contributed by atoms with Crippen molar-refractivity contribution in [2.75, 3.05) is 0 Å². The Morgan fingerprint density at radius 2 is 1.75 bits per heavy atom. The summed E-state index contributed by atoms with van der Waals surface area (Å²) in [7, 11) is 0. The molecule has 3 atom stereocenters. The second kappa shape index (κ2) is 4.52. The molecule has 0 heterocycles. The zero-order valence-corrected chi connectivity index (χ0v) is 10.7. The highest BCUT2D eigenvalue weighted by Gasteiger charge is 2.39. The number of nitrogens with one attached hydrogen (secondary N) is 2. The van der Waals surface area contributed by atoms with Gasteiger partial charge in [0.05, 0.1) is 0 Å². The second-order valence-electron chi connectivity index (χ2n) is 5.88. The van der Waals surface area contributed by atoms with E-state index < -0.39 is 0 Å². The molecule has 0 saturated heterocycles. The van der Waals surface area contributed by atoms with E-state index in [1.165, 1.54) is 51.4 Å². The Morgan fingerprint density at radius 3 is 2.38 bits per heavy atom. The third-order valence-electron chi connectivity index (χ3n) is 4.74. The molecule has 0 aromatic rings. The van der Waals surface area contributed by atoms with E-state index in [4.69, 9.17) is 12.2 Å². The molecule has 3 rings (SSSR count). The van der Waals surface area contributed by atoms with Gasteiger partial charge in [0.2, 0.25) is 0 Å². The highest BCUT2D eigenvalue weighted by atomic mass is 32.1. The Morgan fingerprint density at radius 1 is 0.938 bits per heavy atom. The average Bonchev–Trinajstić information content (AvgIpc) is 2.92. The van der Waals surface area contributed by atoms with Crippen LogP contribution in [-0.2, 0) is 0 Å². The summed E-state index contributed by atoms with van der Waals surface area (Å²) in [6.45, 7) is 0. The number of hydrogen-bond acceptors (Lipinski definition) is 1. The van der Waals surface area contributed by atoms with Crippen molar-refractivity contribution in [1.29, 1.82) is 0 Å². The minimum atomic E-state index is 0.651. The van der Waals surface area contributed by atoms with Crippen molar-refractivity contribution in [2.45, 2.75) is 63.5 Å². The lowest BCUT2D eigenvalue weighted by atomic mass is 9.95. The summed E-state index contributed by atoms with van der Waals surface area (Å²) in [5.74, 6) is 1.91. The number of fused-ring (bicyclic) bond motifs is 2. The molecule has 3 fully saturated rings. The van der Waals surface area contributed by atoms with E-state index in [1.54, 1.807) is 0 Å².